The van der Waals surface area contributed by atoms with E-state index >= 15 is 0 Å². The summed E-state index contributed by atoms with van der Waals surface area (Å²) in [6, 6.07) is 13.2. The van der Waals surface area contributed by atoms with E-state index in [2.05, 4.69) is 5.32 Å². The second-order valence-corrected chi connectivity index (χ2v) is 8.61. The lowest BCUT2D eigenvalue weighted by molar-refractivity contribution is -0.126. The highest BCUT2D eigenvalue weighted by Gasteiger charge is 2.34. The summed E-state index contributed by atoms with van der Waals surface area (Å²) in [6.45, 7) is 0.698. The first-order valence-electron chi connectivity index (χ1n) is 8.69. The molecule has 148 valence electrons. The number of hydrogen-bond acceptors (Lipinski definition) is 4. The lowest BCUT2D eigenvalue weighted by atomic mass is 10.1. The second-order valence-electron chi connectivity index (χ2n) is 6.62. The fourth-order valence-corrected chi connectivity index (χ4v) is 3.80. The molecule has 2 amide bonds. The Morgan fingerprint density at radius 3 is 2.57 bits per heavy atom. The number of nitrogens with one attached hydrogen (secondary N) is 1. The third kappa shape index (κ3) is 4.89. The molecule has 2 aromatic rings. The van der Waals surface area contributed by atoms with E-state index in [4.69, 9.17) is 16.7 Å². The van der Waals surface area contributed by atoms with Crippen molar-refractivity contribution in [3.05, 3.63) is 59.1 Å². The number of rotatable bonds is 6. The van der Waals surface area contributed by atoms with Crippen LogP contribution in [0.1, 0.15) is 12.0 Å². The zero-order valence-electron chi connectivity index (χ0n) is 15.0. The van der Waals surface area contributed by atoms with Gasteiger partial charge in [0.15, 0.2) is 0 Å². The van der Waals surface area contributed by atoms with E-state index < -0.39 is 15.9 Å². The predicted molar refractivity (Wildman–Crippen MR) is 106 cm³/mol. The largest absolute Gasteiger partial charge is 0.355 e. The maximum Gasteiger partial charge on any atom is 0.238 e. The molecule has 0 aliphatic carbocycles. The summed E-state index contributed by atoms with van der Waals surface area (Å²) in [5, 5.41) is 8.43. The minimum Gasteiger partial charge on any atom is -0.355 e. The summed E-state index contributed by atoms with van der Waals surface area (Å²) in [4.78, 5) is 26.3. The lowest BCUT2D eigenvalue weighted by Gasteiger charge is -2.17. The zero-order chi connectivity index (χ0) is 20.3. The Morgan fingerprint density at radius 2 is 1.93 bits per heavy atom. The van der Waals surface area contributed by atoms with E-state index in [9.17, 15) is 18.0 Å². The van der Waals surface area contributed by atoms with Crippen molar-refractivity contribution in [2.45, 2.75) is 17.7 Å². The van der Waals surface area contributed by atoms with Crippen molar-refractivity contribution in [1.29, 1.82) is 0 Å². The normalized spacial score (nSPS) is 17.0. The molecule has 1 aliphatic heterocycles. The van der Waals surface area contributed by atoms with Gasteiger partial charge in [-0.3, -0.25) is 9.59 Å². The summed E-state index contributed by atoms with van der Waals surface area (Å²) >= 11 is 5.97. The molecule has 1 fully saturated rings. The van der Waals surface area contributed by atoms with E-state index in [-0.39, 0.29) is 23.1 Å². The second kappa shape index (κ2) is 8.30. The number of nitrogens with two attached hydrogens (primary N) is 1. The zero-order valence-corrected chi connectivity index (χ0v) is 16.5. The van der Waals surface area contributed by atoms with Crippen LogP contribution < -0.4 is 15.4 Å². The summed E-state index contributed by atoms with van der Waals surface area (Å²) in [7, 11) is -3.72. The van der Waals surface area contributed by atoms with Crippen LogP contribution in [0.2, 0.25) is 5.02 Å². The molecule has 1 aliphatic rings. The fourth-order valence-electron chi connectivity index (χ4n) is 3.10. The summed E-state index contributed by atoms with van der Waals surface area (Å²) in [6.07, 6.45) is 0.691. The molecule has 1 saturated heterocycles. The molecule has 28 heavy (non-hydrogen) atoms. The van der Waals surface area contributed by atoms with Crippen molar-refractivity contribution in [2.75, 3.05) is 18.0 Å². The summed E-state index contributed by atoms with van der Waals surface area (Å²) < 4.78 is 22.5. The Bertz CT molecular complexity index is 992. The molecule has 0 spiro atoms. The van der Waals surface area contributed by atoms with Gasteiger partial charge in [-0.15, -0.1) is 0 Å². The van der Waals surface area contributed by atoms with Crippen molar-refractivity contribution >= 4 is 39.1 Å². The highest BCUT2D eigenvalue weighted by molar-refractivity contribution is 7.89. The van der Waals surface area contributed by atoms with E-state index in [1.807, 2.05) is 0 Å². The van der Waals surface area contributed by atoms with E-state index in [0.717, 1.165) is 5.56 Å². The lowest BCUT2D eigenvalue weighted by Crippen LogP contribution is -2.34. The van der Waals surface area contributed by atoms with Crippen molar-refractivity contribution in [3.8, 4) is 0 Å². The highest BCUT2D eigenvalue weighted by Crippen LogP contribution is 2.27. The van der Waals surface area contributed by atoms with Gasteiger partial charge in [0, 0.05) is 30.2 Å². The molecule has 0 saturated carbocycles. The number of carbonyl (C=O) groups excluding carboxylic acids is 2. The first kappa shape index (κ1) is 20.3. The average Bonchev–Trinajstić information content (AvgIpc) is 3.03. The van der Waals surface area contributed by atoms with Crippen LogP contribution in [-0.4, -0.2) is 33.3 Å². The molecular formula is C19H20ClN3O4S. The van der Waals surface area contributed by atoms with Crippen molar-refractivity contribution in [2.24, 2.45) is 11.1 Å². The van der Waals surface area contributed by atoms with Crippen molar-refractivity contribution < 1.29 is 18.0 Å². The minimum absolute atomic E-state index is 0.0471. The number of anilines is 1. The fraction of sp³-hybridized carbons (Fsp3) is 0.263. The Kier molecular flexibility index (Phi) is 6.02. The van der Waals surface area contributed by atoms with Gasteiger partial charge in [0.25, 0.3) is 0 Å². The molecule has 1 unspecified atom stereocenters. The van der Waals surface area contributed by atoms with Gasteiger partial charge in [0.05, 0.1) is 10.8 Å². The molecule has 1 atom stereocenters. The number of carbonyl (C=O) groups is 2. The van der Waals surface area contributed by atoms with E-state index in [1.165, 1.54) is 12.1 Å². The van der Waals surface area contributed by atoms with Gasteiger partial charge in [-0.05, 0) is 42.3 Å². The SMILES string of the molecule is NS(=O)(=O)c1ccc(CCNC(=O)C2CC(=O)N(c3cccc(Cl)c3)C2)cc1. The molecule has 0 radical (unpaired) electrons. The Morgan fingerprint density at radius 1 is 1.21 bits per heavy atom. The number of sulfonamides is 1. The minimum atomic E-state index is -3.72. The third-order valence-corrected chi connectivity index (χ3v) is 5.74. The molecule has 9 heteroatoms. The number of nitrogens with zero attached hydrogens (tertiary/aromatic N) is 1. The van der Waals surface area contributed by atoms with Crippen LogP contribution in [0.4, 0.5) is 5.69 Å². The molecule has 1 heterocycles. The van der Waals surface area contributed by atoms with E-state index in [1.54, 1.807) is 41.3 Å². The molecule has 3 N–H and O–H groups in total. The monoisotopic (exact) mass is 421 g/mol. The molecular weight excluding hydrogens is 402 g/mol. The van der Waals surface area contributed by atoms with Gasteiger partial charge in [0.2, 0.25) is 21.8 Å². The number of benzene rings is 2. The molecule has 0 aromatic heterocycles. The average molecular weight is 422 g/mol. The predicted octanol–water partition coefficient (Wildman–Crippen LogP) is 1.70. The van der Waals surface area contributed by atoms with E-state index in [0.29, 0.717) is 30.2 Å². The van der Waals surface area contributed by atoms with Crippen LogP contribution in [0.3, 0.4) is 0 Å². The third-order valence-electron chi connectivity index (χ3n) is 4.58. The first-order chi connectivity index (χ1) is 13.2. The molecule has 7 nitrogen and oxygen atoms in total. The Balaban J connectivity index is 1.52. The molecule has 2 aromatic carbocycles. The number of primary sulfonamides is 1. The van der Waals surface area contributed by atoms with Crippen LogP contribution in [0.25, 0.3) is 0 Å². The number of halogens is 1. The summed E-state index contributed by atoms with van der Waals surface area (Å²) in [5.41, 5.74) is 1.55. The maximum atomic E-state index is 12.4. The highest BCUT2D eigenvalue weighted by atomic mass is 35.5. The Labute approximate surface area is 168 Å². The van der Waals surface area contributed by atoms with Gasteiger partial charge in [-0.2, -0.15) is 0 Å². The van der Waals surface area contributed by atoms with Gasteiger partial charge in [-0.1, -0.05) is 29.8 Å². The smallest absolute Gasteiger partial charge is 0.238 e. The summed E-state index contributed by atoms with van der Waals surface area (Å²) in [5.74, 6) is -0.712. The molecule has 3 rings (SSSR count). The van der Waals surface area contributed by atoms with Gasteiger partial charge >= 0.3 is 0 Å². The van der Waals surface area contributed by atoms with Crippen LogP contribution in [0.5, 0.6) is 0 Å². The standard InChI is InChI=1S/C19H20ClN3O4S/c20-15-2-1-3-16(11-15)23-12-14(10-18(23)24)19(25)22-9-8-13-4-6-17(7-5-13)28(21,26)27/h1-7,11,14H,8-10,12H2,(H,22,25)(H2,21,26,27). The first-order valence-corrected chi connectivity index (χ1v) is 10.6. The van der Waals surface area contributed by atoms with Crippen LogP contribution in [0, 0.1) is 5.92 Å². The van der Waals surface area contributed by atoms with Crippen LogP contribution in [-0.2, 0) is 26.0 Å². The van der Waals surface area contributed by atoms with Gasteiger partial charge in [0.1, 0.15) is 0 Å². The van der Waals surface area contributed by atoms with Crippen LogP contribution >= 0.6 is 11.6 Å². The topological polar surface area (TPSA) is 110 Å². The number of amides is 2. The van der Waals surface area contributed by atoms with Crippen LogP contribution in [0.15, 0.2) is 53.4 Å². The van der Waals surface area contributed by atoms with Gasteiger partial charge in [-0.25, -0.2) is 13.6 Å². The maximum absolute atomic E-state index is 12.4. The number of hydrogen-bond donors (Lipinski definition) is 2. The van der Waals surface area contributed by atoms with Crippen molar-refractivity contribution in [3.63, 3.8) is 0 Å². The van der Waals surface area contributed by atoms with Crippen molar-refractivity contribution in [1.82, 2.24) is 5.32 Å². The quantitative estimate of drug-likeness (QED) is 0.739. The van der Waals surface area contributed by atoms with Gasteiger partial charge < -0.3 is 10.2 Å². The molecule has 0 bridgehead atoms. The Hall–Kier alpha value is -2.42.